The highest BCUT2D eigenvalue weighted by molar-refractivity contribution is 5.66. The number of hydrogen-bond acceptors (Lipinski definition) is 4. The van der Waals surface area contributed by atoms with Crippen molar-refractivity contribution in [2.75, 3.05) is 20.3 Å². The molecule has 1 aliphatic heterocycles. The first-order chi connectivity index (χ1) is 11.9. The van der Waals surface area contributed by atoms with E-state index in [1.165, 1.54) is 18.1 Å². The van der Waals surface area contributed by atoms with Crippen LogP contribution in [-0.2, 0) is 14.3 Å². The Kier molecular flexibility index (Phi) is 4.92. The van der Waals surface area contributed by atoms with E-state index in [2.05, 4.69) is 39.0 Å². The van der Waals surface area contributed by atoms with Gasteiger partial charge in [0, 0.05) is 18.3 Å². The van der Waals surface area contributed by atoms with E-state index in [-0.39, 0.29) is 23.4 Å². The fourth-order valence-corrected chi connectivity index (χ4v) is 4.59. The van der Waals surface area contributed by atoms with Crippen molar-refractivity contribution in [3.63, 3.8) is 0 Å². The molecule has 1 heterocycles. The SMILES string of the molecule is COc1ccc([C@@H]2OC[C@@]3(COC(C)=O)[C@H](C)C=C(C)[C@H]2[C@H]3C)cc1. The molecule has 4 heteroatoms. The Morgan fingerprint density at radius 2 is 1.96 bits per heavy atom. The molecule has 2 bridgehead atoms. The van der Waals surface area contributed by atoms with Gasteiger partial charge in [-0.3, -0.25) is 4.79 Å². The first-order valence-electron chi connectivity index (χ1n) is 8.96. The lowest BCUT2D eigenvalue weighted by Crippen LogP contribution is -2.54. The third-order valence-electron chi connectivity index (χ3n) is 6.24. The zero-order valence-electron chi connectivity index (χ0n) is 15.7. The number of carbonyl (C=O) groups excluding carboxylic acids is 1. The maximum Gasteiger partial charge on any atom is 0.302 e. The minimum absolute atomic E-state index is 0.0232. The average molecular weight is 344 g/mol. The van der Waals surface area contributed by atoms with Crippen molar-refractivity contribution < 1.29 is 19.0 Å². The molecule has 1 fully saturated rings. The zero-order chi connectivity index (χ0) is 18.2. The van der Waals surface area contributed by atoms with Gasteiger partial charge in [-0.05, 0) is 36.5 Å². The van der Waals surface area contributed by atoms with Gasteiger partial charge in [0.1, 0.15) is 5.75 Å². The zero-order valence-corrected chi connectivity index (χ0v) is 15.7. The molecule has 1 aromatic rings. The standard InChI is InChI=1S/C21H28O4/c1-13-10-14(2)21(11-24-16(4)22)12-25-20(19(13)15(21)3)17-6-8-18(23-5)9-7-17/h6-10,14-15,19-20H,11-12H2,1-5H3/t14-,15-,19+,20+,21+/m1/s1. The summed E-state index contributed by atoms with van der Waals surface area (Å²) in [5, 5.41) is 0. The largest absolute Gasteiger partial charge is 0.497 e. The Bertz CT molecular complexity index is 663. The van der Waals surface area contributed by atoms with Crippen LogP contribution in [-0.4, -0.2) is 26.3 Å². The summed E-state index contributed by atoms with van der Waals surface area (Å²) in [6.07, 6.45) is 2.36. The normalized spacial score (nSPS) is 34.2. The van der Waals surface area contributed by atoms with Crippen LogP contribution in [0.3, 0.4) is 0 Å². The molecule has 0 unspecified atom stereocenters. The van der Waals surface area contributed by atoms with E-state index < -0.39 is 0 Å². The lowest BCUT2D eigenvalue weighted by Gasteiger charge is -2.55. The van der Waals surface area contributed by atoms with Gasteiger partial charge in [0.2, 0.25) is 0 Å². The molecule has 1 aromatic carbocycles. The van der Waals surface area contributed by atoms with Gasteiger partial charge in [0.05, 0.1) is 26.4 Å². The summed E-state index contributed by atoms with van der Waals surface area (Å²) in [5.41, 5.74) is 2.37. The van der Waals surface area contributed by atoms with Crippen LogP contribution in [0.1, 0.15) is 39.4 Å². The molecule has 2 aliphatic rings. The average Bonchev–Trinajstić information content (AvgIpc) is 2.59. The highest BCUT2D eigenvalue weighted by Gasteiger charge is 2.54. The Labute approximate surface area is 150 Å². The second-order valence-electron chi connectivity index (χ2n) is 7.53. The maximum atomic E-state index is 11.4. The molecule has 3 rings (SSSR count). The van der Waals surface area contributed by atoms with E-state index >= 15 is 0 Å². The van der Waals surface area contributed by atoms with E-state index in [0.717, 1.165) is 5.75 Å². The molecule has 0 N–H and O–H groups in total. The summed E-state index contributed by atoms with van der Waals surface area (Å²) in [4.78, 5) is 11.4. The molecular weight excluding hydrogens is 316 g/mol. The third kappa shape index (κ3) is 3.08. The Hall–Kier alpha value is -1.81. The van der Waals surface area contributed by atoms with Crippen LogP contribution in [0.5, 0.6) is 5.75 Å². The van der Waals surface area contributed by atoms with E-state index in [4.69, 9.17) is 14.2 Å². The number of esters is 1. The number of ether oxygens (including phenoxy) is 3. The number of allylic oxidation sites excluding steroid dienone is 1. The highest BCUT2D eigenvalue weighted by atomic mass is 16.5. The Balaban J connectivity index is 1.92. The molecule has 136 valence electrons. The molecule has 5 atom stereocenters. The van der Waals surface area contributed by atoms with E-state index in [1.54, 1.807) is 7.11 Å². The van der Waals surface area contributed by atoms with Crippen molar-refractivity contribution >= 4 is 5.97 Å². The van der Waals surface area contributed by atoms with Gasteiger partial charge < -0.3 is 14.2 Å². The summed E-state index contributed by atoms with van der Waals surface area (Å²) in [6.45, 7) is 9.16. The second kappa shape index (κ2) is 6.83. The van der Waals surface area contributed by atoms with Crippen LogP contribution in [0.25, 0.3) is 0 Å². The van der Waals surface area contributed by atoms with Crippen LogP contribution >= 0.6 is 0 Å². The van der Waals surface area contributed by atoms with Crippen LogP contribution in [0.4, 0.5) is 0 Å². The summed E-state index contributed by atoms with van der Waals surface area (Å²) >= 11 is 0. The quantitative estimate of drug-likeness (QED) is 0.607. The summed E-state index contributed by atoms with van der Waals surface area (Å²) in [7, 11) is 1.67. The lowest BCUT2D eigenvalue weighted by molar-refractivity contribution is -0.180. The van der Waals surface area contributed by atoms with Gasteiger partial charge in [0.25, 0.3) is 0 Å². The van der Waals surface area contributed by atoms with E-state index in [0.29, 0.717) is 25.0 Å². The van der Waals surface area contributed by atoms with Gasteiger partial charge in [0.15, 0.2) is 0 Å². The van der Waals surface area contributed by atoms with Crippen molar-refractivity contribution in [2.45, 2.75) is 33.8 Å². The minimum atomic E-state index is -0.228. The van der Waals surface area contributed by atoms with Crippen LogP contribution in [0.2, 0.25) is 0 Å². The van der Waals surface area contributed by atoms with Gasteiger partial charge in [-0.25, -0.2) is 0 Å². The number of methoxy groups -OCH3 is 1. The molecule has 0 radical (unpaired) electrons. The fraction of sp³-hybridized carbons (Fsp3) is 0.571. The first-order valence-corrected chi connectivity index (χ1v) is 8.96. The third-order valence-corrected chi connectivity index (χ3v) is 6.24. The molecule has 1 saturated heterocycles. The van der Waals surface area contributed by atoms with Crippen LogP contribution in [0.15, 0.2) is 35.9 Å². The van der Waals surface area contributed by atoms with Crippen molar-refractivity contribution in [1.29, 1.82) is 0 Å². The molecule has 25 heavy (non-hydrogen) atoms. The van der Waals surface area contributed by atoms with Gasteiger partial charge in [-0.1, -0.05) is 37.6 Å². The molecule has 0 amide bonds. The summed E-state index contributed by atoms with van der Waals surface area (Å²) < 4.78 is 17.1. The summed E-state index contributed by atoms with van der Waals surface area (Å²) in [5.74, 6) is 1.59. The molecule has 0 aromatic heterocycles. The Morgan fingerprint density at radius 1 is 1.28 bits per heavy atom. The second-order valence-corrected chi connectivity index (χ2v) is 7.53. The monoisotopic (exact) mass is 344 g/mol. The number of hydrogen-bond donors (Lipinski definition) is 0. The van der Waals surface area contributed by atoms with Crippen molar-refractivity contribution in [3.05, 3.63) is 41.5 Å². The van der Waals surface area contributed by atoms with Gasteiger partial charge in [-0.2, -0.15) is 0 Å². The number of benzene rings is 1. The Morgan fingerprint density at radius 3 is 2.56 bits per heavy atom. The molecule has 1 aliphatic carbocycles. The smallest absolute Gasteiger partial charge is 0.302 e. The predicted octanol–water partition coefficient (Wildman–Crippen LogP) is 4.16. The van der Waals surface area contributed by atoms with Crippen molar-refractivity contribution in [3.8, 4) is 5.75 Å². The predicted molar refractivity (Wildman–Crippen MR) is 96.3 cm³/mol. The molecule has 0 spiro atoms. The lowest BCUT2D eigenvalue weighted by atomic mass is 9.56. The van der Waals surface area contributed by atoms with Gasteiger partial charge >= 0.3 is 5.97 Å². The minimum Gasteiger partial charge on any atom is -0.497 e. The fourth-order valence-electron chi connectivity index (χ4n) is 4.59. The highest BCUT2D eigenvalue weighted by Crippen LogP contribution is 2.56. The van der Waals surface area contributed by atoms with Crippen molar-refractivity contribution in [2.24, 2.45) is 23.2 Å². The topological polar surface area (TPSA) is 44.8 Å². The number of rotatable bonds is 4. The molecule has 4 nitrogen and oxygen atoms in total. The van der Waals surface area contributed by atoms with Crippen LogP contribution in [0, 0.1) is 23.2 Å². The van der Waals surface area contributed by atoms with Crippen LogP contribution < -0.4 is 4.74 Å². The van der Waals surface area contributed by atoms with Gasteiger partial charge in [-0.15, -0.1) is 0 Å². The summed E-state index contributed by atoms with van der Waals surface area (Å²) in [6, 6.07) is 8.13. The van der Waals surface area contributed by atoms with E-state index in [9.17, 15) is 4.79 Å². The number of fused-ring (bicyclic) bond motifs is 2. The number of carbonyl (C=O) groups is 1. The van der Waals surface area contributed by atoms with Crippen molar-refractivity contribution in [1.82, 2.24) is 0 Å². The van der Waals surface area contributed by atoms with E-state index in [1.807, 2.05) is 12.1 Å². The molecular formula is C21H28O4. The maximum absolute atomic E-state index is 11.4. The first kappa shape index (κ1) is 18.0. The molecule has 0 saturated carbocycles.